The molecule has 0 aromatic heterocycles. The van der Waals surface area contributed by atoms with Gasteiger partial charge in [-0.2, -0.15) is 0 Å². The highest BCUT2D eigenvalue weighted by Crippen LogP contribution is 2.23. The third-order valence-corrected chi connectivity index (χ3v) is 9.71. The number of ether oxygens (including phenoxy) is 1. The molecule has 0 aliphatic carbocycles. The molecule has 0 amide bonds. The fourth-order valence-corrected chi connectivity index (χ4v) is 7.88. The normalized spacial score (nSPS) is 13.6. The van der Waals surface area contributed by atoms with Gasteiger partial charge in [-0.3, -0.25) is 4.79 Å². The second-order valence-electron chi connectivity index (χ2n) is 6.60. The molecule has 0 fully saturated rings. The van der Waals surface area contributed by atoms with Crippen LogP contribution >= 0.6 is 0 Å². The van der Waals surface area contributed by atoms with Crippen molar-refractivity contribution in [1.82, 2.24) is 0 Å². The van der Waals surface area contributed by atoms with E-state index in [9.17, 15) is 19.2 Å². The van der Waals surface area contributed by atoms with Crippen molar-refractivity contribution in [1.29, 1.82) is 0 Å². The van der Waals surface area contributed by atoms with Crippen LogP contribution in [0.4, 0.5) is 0 Å². The number of ketones is 1. The summed E-state index contributed by atoms with van der Waals surface area (Å²) in [6.07, 6.45) is 1.63. The van der Waals surface area contributed by atoms with Crippen LogP contribution in [0, 0.1) is 0 Å². The Labute approximate surface area is 169 Å². The number of hydrogen-bond donors (Lipinski definition) is 2. The van der Waals surface area contributed by atoms with Crippen molar-refractivity contribution < 1.29 is 36.9 Å². The van der Waals surface area contributed by atoms with Crippen LogP contribution in [0.25, 0.3) is 0 Å². The van der Waals surface area contributed by atoms with E-state index in [2.05, 4.69) is 13.2 Å². The van der Waals surface area contributed by atoms with Crippen molar-refractivity contribution in [3.8, 4) is 0 Å². The van der Waals surface area contributed by atoms with E-state index in [0.29, 0.717) is 36.8 Å². The van der Waals surface area contributed by atoms with E-state index >= 15 is 0 Å². The van der Waals surface area contributed by atoms with E-state index in [4.69, 9.17) is 17.7 Å². The molecule has 0 heterocycles. The lowest BCUT2D eigenvalue weighted by Crippen LogP contribution is -2.55. The molecule has 8 nitrogen and oxygen atoms in total. The Kier molecular flexibility index (Phi) is 12.6. The van der Waals surface area contributed by atoms with Gasteiger partial charge in [0.25, 0.3) is 0 Å². The molecule has 0 saturated carbocycles. The van der Waals surface area contributed by atoms with Crippen LogP contribution in [-0.4, -0.2) is 59.3 Å². The Bertz CT molecular complexity index is 550. The molecular weight excluding hydrogens is 400 g/mol. The smallest absolute Gasteiger partial charge is 0.462 e. The van der Waals surface area contributed by atoms with Gasteiger partial charge in [0.2, 0.25) is 0 Å². The van der Waals surface area contributed by atoms with Gasteiger partial charge in [-0.25, -0.2) is 4.79 Å². The zero-order chi connectivity index (χ0) is 21.8. The third-order valence-electron chi connectivity index (χ3n) is 3.84. The monoisotopic (exact) mass is 434 g/mol. The van der Waals surface area contributed by atoms with Crippen molar-refractivity contribution in [2.45, 2.75) is 58.5 Å². The van der Waals surface area contributed by atoms with Gasteiger partial charge in [-0.05, 0) is 45.6 Å². The maximum Gasteiger partial charge on any atom is 0.493 e. The zero-order valence-electron chi connectivity index (χ0n) is 17.4. The van der Waals surface area contributed by atoms with Crippen LogP contribution in [0.1, 0.15) is 46.5 Å². The molecule has 0 bridgehead atoms. The summed E-state index contributed by atoms with van der Waals surface area (Å²) >= 11 is 0. The van der Waals surface area contributed by atoms with E-state index < -0.39 is 23.6 Å². The summed E-state index contributed by atoms with van der Waals surface area (Å²) in [5, 5.41) is 0. The number of carbonyl (C=O) groups excluding carboxylic acids is 2. The van der Waals surface area contributed by atoms with E-state index in [0.717, 1.165) is 0 Å². The predicted octanol–water partition coefficient (Wildman–Crippen LogP) is 2.37. The third kappa shape index (κ3) is 11.0. The number of carbonyl (C=O) groups is 2. The van der Waals surface area contributed by atoms with Crippen LogP contribution in [0.3, 0.4) is 0 Å². The summed E-state index contributed by atoms with van der Waals surface area (Å²) in [4.78, 5) is 43.7. The summed E-state index contributed by atoms with van der Waals surface area (Å²) in [5.41, 5.74) is 0.792. The molecule has 1 unspecified atom stereocenters. The van der Waals surface area contributed by atoms with Crippen molar-refractivity contribution >= 4 is 29.4 Å². The Morgan fingerprint density at radius 3 is 2.14 bits per heavy atom. The molecule has 10 heteroatoms. The van der Waals surface area contributed by atoms with Crippen LogP contribution in [0.5, 0.6) is 0 Å². The van der Waals surface area contributed by atoms with Gasteiger partial charge in [0.05, 0.1) is 6.61 Å². The highest BCUT2D eigenvalue weighted by Gasteiger charge is 2.49. The van der Waals surface area contributed by atoms with Gasteiger partial charge < -0.3 is 27.3 Å². The molecule has 0 aromatic carbocycles. The lowest BCUT2D eigenvalue weighted by molar-refractivity contribution is -0.139. The minimum absolute atomic E-state index is 0.0340. The maximum atomic E-state index is 11.5. The van der Waals surface area contributed by atoms with Crippen LogP contribution < -0.4 is 0 Å². The molecule has 0 radical (unpaired) electrons. The molecule has 0 aliphatic rings. The van der Waals surface area contributed by atoms with Gasteiger partial charge in [-0.15, -0.1) is 0 Å². The Balaban J connectivity index is 4.67. The molecule has 0 saturated heterocycles. The lowest BCUT2D eigenvalue weighted by atomic mass is 10.1. The van der Waals surface area contributed by atoms with Gasteiger partial charge in [0.1, 0.15) is 0 Å². The van der Waals surface area contributed by atoms with E-state index in [1.165, 1.54) is 7.11 Å². The first-order chi connectivity index (χ1) is 13.0. The SMILES string of the molecule is C=C(C)C(=O)CCCC[Si](O)(O)O[Si](CCCOC(=O)C(=C)C)(OC)OCC. The molecule has 2 N–H and O–H groups in total. The quantitative estimate of drug-likeness (QED) is 0.165. The molecule has 0 spiro atoms. The van der Waals surface area contributed by atoms with Crippen LogP contribution in [0.2, 0.25) is 12.1 Å². The average molecular weight is 435 g/mol. The molecular formula is C18H34O8Si2. The summed E-state index contributed by atoms with van der Waals surface area (Å²) in [6, 6.07) is 0.303. The molecule has 28 heavy (non-hydrogen) atoms. The largest absolute Gasteiger partial charge is 0.493 e. The second kappa shape index (κ2) is 13.1. The van der Waals surface area contributed by atoms with Crippen molar-refractivity contribution in [2.24, 2.45) is 0 Å². The van der Waals surface area contributed by atoms with Gasteiger partial charge in [-0.1, -0.05) is 13.2 Å². The first-order valence-electron chi connectivity index (χ1n) is 9.34. The Morgan fingerprint density at radius 2 is 1.64 bits per heavy atom. The Morgan fingerprint density at radius 1 is 1.00 bits per heavy atom. The topological polar surface area (TPSA) is 112 Å². The number of rotatable bonds is 16. The molecule has 0 aromatic rings. The van der Waals surface area contributed by atoms with Crippen LogP contribution in [0.15, 0.2) is 24.3 Å². The maximum absolute atomic E-state index is 11.5. The fraction of sp³-hybridized carbons (Fsp3) is 0.667. The fourth-order valence-electron chi connectivity index (χ4n) is 2.31. The number of unbranched alkanes of at least 4 members (excludes halogenated alkanes) is 1. The summed E-state index contributed by atoms with van der Waals surface area (Å²) in [6.45, 7) is 12.5. The van der Waals surface area contributed by atoms with Crippen LogP contribution in [-0.2, 0) is 27.3 Å². The van der Waals surface area contributed by atoms with E-state index in [1.807, 2.05) is 0 Å². The lowest BCUT2D eigenvalue weighted by Gasteiger charge is -2.32. The number of hydrogen-bond acceptors (Lipinski definition) is 8. The summed E-state index contributed by atoms with van der Waals surface area (Å²) in [5.74, 6) is -0.525. The van der Waals surface area contributed by atoms with Crippen molar-refractivity contribution in [3.63, 3.8) is 0 Å². The molecule has 1 atom stereocenters. The second-order valence-corrected chi connectivity index (χ2v) is 12.0. The van der Waals surface area contributed by atoms with Gasteiger partial charge in [0.15, 0.2) is 5.78 Å². The van der Waals surface area contributed by atoms with Crippen molar-refractivity contribution in [3.05, 3.63) is 24.3 Å². The number of esters is 1. The molecule has 0 rings (SSSR count). The Hall–Kier alpha value is -1.15. The minimum atomic E-state index is -4.04. The zero-order valence-corrected chi connectivity index (χ0v) is 19.4. The highest BCUT2D eigenvalue weighted by atomic mass is 28.5. The van der Waals surface area contributed by atoms with Gasteiger partial charge in [0, 0.05) is 37.8 Å². The first-order valence-corrected chi connectivity index (χ1v) is 13.3. The minimum Gasteiger partial charge on any atom is -0.462 e. The highest BCUT2D eigenvalue weighted by molar-refractivity contribution is 6.73. The average Bonchev–Trinajstić information content (AvgIpc) is 2.61. The summed E-state index contributed by atoms with van der Waals surface area (Å²) < 4.78 is 21.7. The summed E-state index contributed by atoms with van der Waals surface area (Å²) in [7, 11) is -5.98. The predicted molar refractivity (Wildman–Crippen MR) is 109 cm³/mol. The number of Topliss-reactive ketones (excluding diaryl/α,β-unsaturated/α-hetero) is 1. The first kappa shape index (κ1) is 26.9. The van der Waals surface area contributed by atoms with E-state index in [-0.39, 0.29) is 31.1 Å². The van der Waals surface area contributed by atoms with E-state index in [1.54, 1.807) is 20.8 Å². The number of allylic oxidation sites excluding steroid dienone is 1. The standard InChI is InChI=1S/C18H34O8Si2/c1-7-25-28(23-6,14-10-12-24-18(20)16(4)5)26-27(21,22)13-9-8-11-17(19)15(2)3/h21-22H,2,4,7-14H2,1,3,5-6H3. The molecule has 0 aliphatic heterocycles. The molecule has 162 valence electrons. The van der Waals surface area contributed by atoms with Crippen molar-refractivity contribution in [2.75, 3.05) is 20.3 Å². The van der Waals surface area contributed by atoms with Gasteiger partial charge >= 0.3 is 23.6 Å².